The number of hydrazine groups is 1. The van der Waals surface area contributed by atoms with Gasteiger partial charge < -0.3 is 14.8 Å². The van der Waals surface area contributed by atoms with E-state index in [9.17, 15) is 14.0 Å². The molecule has 0 radical (unpaired) electrons. The molecule has 3 N–H and O–H groups in total. The Morgan fingerprint density at radius 2 is 1.81 bits per heavy atom. The molecular weight excluding hydrogens is 377 g/mol. The third kappa shape index (κ3) is 5.75. The maximum Gasteiger partial charge on any atom is 0.338 e. The molecule has 0 unspecified atom stereocenters. The van der Waals surface area contributed by atoms with Crippen molar-refractivity contribution in [3.8, 4) is 11.5 Å². The van der Waals surface area contributed by atoms with Gasteiger partial charge in [-0.2, -0.15) is 0 Å². The molecule has 0 bridgehead atoms. The number of anilines is 1. The maximum absolute atomic E-state index is 13.0. The van der Waals surface area contributed by atoms with Crippen LogP contribution in [0, 0.1) is 12.7 Å². The normalized spacial score (nSPS) is 11.3. The van der Waals surface area contributed by atoms with Gasteiger partial charge in [-0.3, -0.25) is 10.2 Å². The molecule has 0 saturated heterocycles. The summed E-state index contributed by atoms with van der Waals surface area (Å²) in [5.74, 6) is -0.518. The van der Waals surface area contributed by atoms with Crippen LogP contribution < -0.4 is 25.6 Å². The monoisotopic (exact) mass is 395 g/mol. The van der Waals surface area contributed by atoms with Crippen molar-refractivity contribution >= 4 is 29.2 Å². The van der Waals surface area contributed by atoms with Gasteiger partial charge in [0.05, 0.1) is 17.8 Å². The Balaban J connectivity index is 1.89. The van der Waals surface area contributed by atoms with Crippen LogP contribution in [0.25, 0.3) is 0 Å². The van der Waals surface area contributed by atoms with E-state index in [1.807, 2.05) is 13.0 Å². The summed E-state index contributed by atoms with van der Waals surface area (Å²) >= 11 is 5.85. The van der Waals surface area contributed by atoms with Crippen molar-refractivity contribution in [1.29, 1.82) is 0 Å². The van der Waals surface area contributed by atoms with Crippen molar-refractivity contribution in [2.45, 2.75) is 20.0 Å². The van der Waals surface area contributed by atoms with E-state index in [0.29, 0.717) is 11.4 Å². The Kier molecular flexibility index (Phi) is 6.84. The van der Waals surface area contributed by atoms with Gasteiger partial charge in [0.15, 0.2) is 6.10 Å². The third-order valence-corrected chi connectivity index (χ3v) is 3.76. The SMILES string of the molecule is COc1ccc(C)cc1NC(=O)NNC(=O)[C@H](C)Oc1ccc(F)cc1Cl. The molecule has 0 fully saturated rings. The fourth-order valence-electron chi connectivity index (χ4n) is 2.11. The molecule has 9 heteroatoms. The molecule has 0 aromatic heterocycles. The number of amides is 3. The first-order chi connectivity index (χ1) is 12.8. The minimum absolute atomic E-state index is 0.0342. The summed E-state index contributed by atoms with van der Waals surface area (Å²) in [6, 6.07) is 8.15. The number of hydrogen-bond donors (Lipinski definition) is 3. The van der Waals surface area contributed by atoms with Gasteiger partial charge in [-0.1, -0.05) is 17.7 Å². The number of hydrogen-bond acceptors (Lipinski definition) is 4. The predicted molar refractivity (Wildman–Crippen MR) is 99.5 cm³/mol. The standard InChI is InChI=1S/C18H19ClFN3O4/c1-10-4-6-16(26-3)14(8-10)21-18(25)23-22-17(24)11(2)27-15-7-5-12(20)9-13(15)19/h4-9,11H,1-3H3,(H,22,24)(H2,21,23,25)/t11-/m0/s1. The predicted octanol–water partition coefficient (Wildman–Crippen LogP) is 3.42. The lowest BCUT2D eigenvalue weighted by atomic mass is 10.2. The summed E-state index contributed by atoms with van der Waals surface area (Å²) in [6.07, 6.45) is -0.984. The molecule has 2 aromatic rings. The number of carbonyl (C=O) groups excluding carboxylic acids is 2. The van der Waals surface area contributed by atoms with Crippen LogP contribution in [0.4, 0.5) is 14.9 Å². The molecule has 0 heterocycles. The Labute approximate surface area is 160 Å². The second-order valence-corrected chi connectivity index (χ2v) is 6.01. The number of rotatable bonds is 5. The highest BCUT2D eigenvalue weighted by atomic mass is 35.5. The quantitative estimate of drug-likeness (QED) is 0.677. The highest BCUT2D eigenvalue weighted by Gasteiger charge is 2.17. The number of methoxy groups -OCH3 is 1. The number of nitrogens with one attached hydrogen (secondary N) is 3. The van der Waals surface area contributed by atoms with Crippen molar-refractivity contribution in [1.82, 2.24) is 10.9 Å². The zero-order chi connectivity index (χ0) is 20.0. The van der Waals surface area contributed by atoms with E-state index in [0.717, 1.165) is 17.7 Å². The Hall–Kier alpha value is -3.00. The third-order valence-electron chi connectivity index (χ3n) is 3.47. The first-order valence-corrected chi connectivity index (χ1v) is 8.31. The Bertz CT molecular complexity index is 847. The lowest BCUT2D eigenvalue weighted by Crippen LogP contribution is -2.48. The van der Waals surface area contributed by atoms with Crippen molar-refractivity contribution in [3.63, 3.8) is 0 Å². The summed E-state index contributed by atoms with van der Waals surface area (Å²) in [5, 5.41) is 2.60. The average Bonchev–Trinajstić information content (AvgIpc) is 2.62. The molecule has 1 atom stereocenters. The Morgan fingerprint density at radius 3 is 2.48 bits per heavy atom. The summed E-state index contributed by atoms with van der Waals surface area (Å²) < 4.78 is 23.6. The molecule has 3 amide bonds. The van der Waals surface area contributed by atoms with Crippen LogP contribution in [-0.2, 0) is 4.79 Å². The lowest BCUT2D eigenvalue weighted by Gasteiger charge is -2.16. The van der Waals surface area contributed by atoms with Gasteiger partial charge in [-0.05, 0) is 49.7 Å². The van der Waals surface area contributed by atoms with E-state index in [-0.39, 0.29) is 10.8 Å². The highest BCUT2D eigenvalue weighted by Crippen LogP contribution is 2.26. The molecule has 0 saturated carbocycles. The molecule has 27 heavy (non-hydrogen) atoms. The van der Waals surface area contributed by atoms with Crippen molar-refractivity contribution in [3.05, 3.63) is 52.8 Å². The van der Waals surface area contributed by atoms with E-state index in [1.165, 1.54) is 20.1 Å². The van der Waals surface area contributed by atoms with E-state index in [4.69, 9.17) is 21.1 Å². The largest absolute Gasteiger partial charge is 0.495 e. The fourth-order valence-corrected chi connectivity index (χ4v) is 2.32. The smallest absolute Gasteiger partial charge is 0.338 e. The van der Waals surface area contributed by atoms with Crippen LogP contribution in [0.15, 0.2) is 36.4 Å². The van der Waals surface area contributed by atoms with Crippen LogP contribution >= 0.6 is 11.6 Å². The Morgan fingerprint density at radius 1 is 1.11 bits per heavy atom. The average molecular weight is 396 g/mol. The fraction of sp³-hybridized carbons (Fsp3) is 0.222. The molecule has 2 aromatic carbocycles. The first kappa shape index (κ1) is 20.3. The number of urea groups is 1. The van der Waals surface area contributed by atoms with Gasteiger partial charge in [-0.25, -0.2) is 14.6 Å². The van der Waals surface area contributed by atoms with E-state index < -0.39 is 23.9 Å². The number of aryl methyl sites for hydroxylation is 1. The summed E-state index contributed by atoms with van der Waals surface area (Å²) in [5.41, 5.74) is 5.81. The molecule has 2 rings (SSSR count). The molecule has 0 aliphatic carbocycles. The van der Waals surface area contributed by atoms with Gasteiger partial charge in [0.25, 0.3) is 5.91 Å². The molecule has 0 aliphatic rings. The second-order valence-electron chi connectivity index (χ2n) is 5.61. The van der Waals surface area contributed by atoms with Gasteiger partial charge in [0.1, 0.15) is 17.3 Å². The van der Waals surface area contributed by atoms with Gasteiger partial charge in [0, 0.05) is 0 Å². The van der Waals surface area contributed by atoms with Crippen molar-refractivity contribution < 1.29 is 23.5 Å². The minimum atomic E-state index is -0.984. The summed E-state index contributed by atoms with van der Waals surface area (Å²) in [6.45, 7) is 3.32. The molecule has 0 spiro atoms. The zero-order valence-corrected chi connectivity index (χ0v) is 15.7. The maximum atomic E-state index is 13.0. The number of benzene rings is 2. The first-order valence-electron chi connectivity index (χ1n) is 7.93. The molecule has 7 nitrogen and oxygen atoms in total. The van der Waals surface area contributed by atoms with Crippen molar-refractivity contribution in [2.24, 2.45) is 0 Å². The molecule has 0 aliphatic heterocycles. The van der Waals surface area contributed by atoms with Crippen LogP contribution in [0.3, 0.4) is 0 Å². The minimum Gasteiger partial charge on any atom is -0.495 e. The van der Waals surface area contributed by atoms with E-state index >= 15 is 0 Å². The number of ether oxygens (including phenoxy) is 2. The zero-order valence-electron chi connectivity index (χ0n) is 14.9. The van der Waals surface area contributed by atoms with Gasteiger partial charge >= 0.3 is 6.03 Å². The molecule has 144 valence electrons. The van der Waals surface area contributed by atoms with Gasteiger partial charge in [-0.15, -0.1) is 0 Å². The van der Waals surface area contributed by atoms with Crippen LogP contribution in [0.1, 0.15) is 12.5 Å². The lowest BCUT2D eigenvalue weighted by molar-refractivity contribution is -0.127. The van der Waals surface area contributed by atoms with Crippen LogP contribution in [0.5, 0.6) is 11.5 Å². The van der Waals surface area contributed by atoms with Crippen LogP contribution in [-0.4, -0.2) is 25.2 Å². The van der Waals surface area contributed by atoms with E-state index in [2.05, 4.69) is 16.2 Å². The highest BCUT2D eigenvalue weighted by molar-refractivity contribution is 6.32. The van der Waals surface area contributed by atoms with Crippen LogP contribution in [0.2, 0.25) is 5.02 Å². The summed E-state index contributed by atoms with van der Waals surface area (Å²) in [4.78, 5) is 24.0. The number of carbonyl (C=O) groups is 2. The second kappa shape index (κ2) is 9.09. The van der Waals surface area contributed by atoms with Gasteiger partial charge in [0.2, 0.25) is 0 Å². The van der Waals surface area contributed by atoms with E-state index in [1.54, 1.807) is 12.1 Å². The number of halogens is 2. The summed E-state index contributed by atoms with van der Waals surface area (Å²) in [7, 11) is 1.48. The molecular formula is C18H19ClFN3O4. The van der Waals surface area contributed by atoms with Crippen molar-refractivity contribution in [2.75, 3.05) is 12.4 Å². The topological polar surface area (TPSA) is 88.7 Å².